The van der Waals surface area contributed by atoms with Crippen molar-refractivity contribution in [1.29, 1.82) is 0 Å². The zero-order valence-electron chi connectivity index (χ0n) is 11.4. The van der Waals surface area contributed by atoms with Crippen LogP contribution in [0.5, 0.6) is 11.5 Å². The second-order valence-electron chi connectivity index (χ2n) is 4.29. The van der Waals surface area contributed by atoms with E-state index >= 15 is 0 Å². The number of benzene rings is 2. The number of non-ortho nitro benzene ring substituents is 1. The van der Waals surface area contributed by atoms with Gasteiger partial charge < -0.3 is 9.47 Å². The van der Waals surface area contributed by atoms with Crippen LogP contribution < -0.4 is 9.47 Å². The summed E-state index contributed by atoms with van der Waals surface area (Å²) in [6, 6.07) is 12.0. The molecule has 5 nitrogen and oxygen atoms in total. The van der Waals surface area contributed by atoms with Gasteiger partial charge >= 0.3 is 0 Å². The molecule has 2 rings (SSSR count). The topological polar surface area (TPSA) is 61.6 Å². The van der Waals surface area contributed by atoms with Crippen molar-refractivity contribution >= 4 is 21.6 Å². The normalized spacial score (nSPS) is 10.2. The second kappa shape index (κ2) is 7.08. The number of nitro groups is 1. The predicted molar refractivity (Wildman–Crippen MR) is 83.1 cm³/mol. The Balaban J connectivity index is 2.14. The number of halogens is 1. The van der Waals surface area contributed by atoms with Crippen LogP contribution in [0, 0.1) is 10.1 Å². The summed E-state index contributed by atoms with van der Waals surface area (Å²) >= 11 is 3.41. The Kier molecular flexibility index (Phi) is 5.16. The van der Waals surface area contributed by atoms with Crippen LogP contribution in [0.3, 0.4) is 0 Å². The molecule has 0 heterocycles. The van der Waals surface area contributed by atoms with Gasteiger partial charge in [-0.3, -0.25) is 10.1 Å². The van der Waals surface area contributed by atoms with Crippen molar-refractivity contribution in [2.75, 3.05) is 7.11 Å². The zero-order valence-corrected chi connectivity index (χ0v) is 13.0. The highest BCUT2D eigenvalue weighted by atomic mass is 79.9. The van der Waals surface area contributed by atoms with Gasteiger partial charge in [-0.1, -0.05) is 28.1 Å². The lowest BCUT2D eigenvalue weighted by Gasteiger charge is -2.14. The Labute approximate surface area is 130 Å². The van der Waals surface area contributed by atoms with Crippen LogP contribution in [-0.2, 0) is 11.9 Å². The minimum Gasteiger partial charge on any atom is -0.493 e. The lowest BCUT2D eigenvalue weighted by atomic mass is 10.2. The van der Waals surface area contributed by atoms with Gasteiger partial charge in [-0.05, 0) is 23.8 Å². The number of rotatable bonds is 6. The number of nitrogens with zero attached hydrogens (tertiary/aromatic N) is 1. The summed E-state index contributed by atoms with van der Waals surface area (Å²) < 4.78 is 11.1. The van der Waals surface area contributed by atoms with E-state index in [0.29, 0.717) is 23.4 Å². The monoisotopic (exact) mass is 351 g/mol. The van der Waals surface area contributed by atoms with E-state index in [0.717, 1.165) is 11.1 Å². The van der Waals surface area contributed by atoms with Crippen molar-refractivity contribution in [2.45, 2.75) is 11.9 Å². The third kappa shape index (κ3) is 3.72. The number of nitro benzene ring substituents is 1. The first kappa shape index (κ1) is 15.3. The summed E-state index contributed by atoms with van der Waals surface area (Å²) in [4.78, 5) is 10.2. The molecule has 0 spiro atoms. The predicted octanol–water partition coefficient (Wildman–Crippen LogP) is 4.08. The minimum absolute atomic E-state index is 0.0668. The fraction of sp³-hybridized carbons (Fsp3) is 0.200. The summed E-state index contributed by atoms with van der Waals surface area (Å²) in [7, 11) is 1.59. The summed E-state index contributed by atoms with van der Waals surface area (Å²) in [6.45, 7) is 0.318. The number of para-hydroxylation sites is 1. The van der Waals surface area contributed by atoms with Crippen LogP contribution in [0.25, 0.3) is 0 Å². The van der Waals surface area contributed by atoms with Crippen molar-refractivity contribution in [2.24, 2.45) is 0 Å². The lowest BCUT2D eigenvalue weighted by Crippen LogP contribution is -2.00. The Morgan fingerprint density at radius 3 is 2.48 bits per heavy atom. The van der Waals surface area contributed by atoms with Gasteiger partial charge in [-0.15, -0.1) is 0 Å². The molecule has 110 valence electrons. The molecule has 0 fully saturated rings. The van der Waals surface area contributed by atoms with Crippen LogP contribution in [-0.4, -0.2) is 12.0 Å². The van der Waals surface area contributed by atoms with Crippen molar-refractivity contribution in [3.05, 3.63) is 63.7 Å². The summed E-state index contributed by atoms with van der Waals surface area (Å²) in [5, 5.41) is 11.3. The van der Waals surface area contributed by atoms with Crippen LogP contribution in [0.1, 0.15) is 11.1 Å². The second-order valence-corrected chi connectivity index (χ2v) is 4.86. The van der Waals surface area contributed by atoms with E-state index in [1.807, 2.05) is 18.2 Å². The molecule has 0 aliphatic heterocycles. The maximum atomic E-state index is 10.6. The average Bonchev–Trinajstić information content (AvgIpc) is 2.52. The highest BCUT2D eigenvalue weighted by Gasteiger charge is 2.10. The van der Waals surface area contributed by atoms with Gasteiger partial charge in [-0.2, -0.15) is 0 Å². The SMILES string of the molecule is COc1cccc(CBr)c1OCc1ccc([N+](=O)[O-])cc1. The largest absolute Gasteiger partial charge is 0.493 e. The molecule has 0 N–H and O–H groups in total. The Hall–Kier alpha value is -2.08. The highest BCUT2D eigenvalue weighted by molar-refractivity contribution is 9.08. The molecule has 0 radical (unpaired) electrons. The third-order valence-electron chi connectivity index (χ3n) is 2.95. The standard InChI is InChI=1S/C15H14BrNO4/c1-20-14-4-2-3-12(9-16)15(14)21-10-11-5-7-13(8-6-11)17(18)19/h2-8H,9-10H2,1H3. The first-order chi connectivity index (χ1) is 10.2. The van der Waals surface area contributed by atoms with E-state index in [1.165, 1.54) is 12.1 Å². The quantitative estimate of drug-likeness (QED) is 0.447. The van der Waals surface area contributed by atoms with E-state index in [4.69, 9.17) is 9.47 Å². The molecule has 0 atom stereocenters. The molecular formula is C15H14BrNO4. The molecule has 0 aromatic heterocycles. The van der Waals surface area contributed by atoms with Gasteiger partial charge in [0.25, 0.3) is 5.69 Å². The molecule has 0 saturated heterocycles. The summed E-state index contributed by atoms with van der Waals surface area (Å²) in [5.74, 6) is 1.34. The highest BCUT2D eigenvalue weighted by Crippen LogP contribution is 2.33. The van der Waals surface area contributed by atoms with Crippen LogP contribution in [0.4, 0.5) is 5.69 Å². The fourth-order valence-corrected chi connectivity index (χ4v) is 2.30. The first-order valence-electron chi connectivity index (χ1n) is 6.23. The van der Waals surface area contributed by atoms with Crippen molar-refractivity contribution in [3.8, 4) is 11.5 Å². The summed E-state index contributed by atoms with van der Waals surface area (Å²) in [6.07, 6.45) is 0. The molecule has 0 aliphatic carbocycles. The van der Waals surface area contributed by atoms with Gasteiger partial charge in [-0.25, -0.2) is 0 Å². The maximum Gasteiger partial charge on any atom is 0.269 e. The molecule has 0 saturated carbocycles. The molecule has 0 unspecified atom stereocenters. The van der Waals surface area contributed by atoms with Gasteiger partial charge in [0.1, 0.15) is 6.61 Å². The Bertz CT molecular complexity index is 606. The van der Waals surface area contributed by atoms with E-state index in [2.05, 4.69) is 15.9 Å². The molecule has 2 aromatic rings. The number of hydrogen-bond donors (Lipinski definition) is 0. The molecule has 6 heteroatoms. The molecule has 0 aliphatic rings. The van der Waals surface area contributed by atoms with E-state index in [-0.39, 0.29) is 5.69 Å². The van der Waals surface area contributed by atoms with Gasteiger partial charge in [0.15, 0.2) is 11.5 Å². The Morgan fingerprint density at radius 1 is 1.19 bits per heavy atom. The van der Waals surface area contributed by atoms with Gasteiger partial charge in [0, 0.05) is 23.0 Å². The number of methoxy groups -OCH3 is 1. The van der Waals surface area contributed by atoms with E-state index < -0.39 is 4.92 Å². The minimum atomic E-state index is -0.423. The molecule has 0 amide bonds. The van der Waals surface area contributed by atoms with Crippen LogP contribution >= 0.6 is 15.9 Å². The fourth-order valence-electron chi connectivity index (χ4n) is 1.86. The molecular weight excluding hydrogens is 338 g/mol. The van der Waals surface area contributed by atoms with Crippen molar-refractivity contribution < 1.29 is 14.4 Å². The van der Waals surface area contributed by atoms with E-state index in [1.54, 1.807) is 19.2 Å². The van der Waals surface area contributed by atoms with Gasteiger partial charge in [0.05, 0.1) is 12.0 Å². The number of alkyl halides is 1. The van der Waals surface area contributed by atoms with Crippen molar-refractivity contribution in [1.82, 2.24) is 0 Å². The Morgan fingerprint density at radius 2 is 1.90 bits per heavy atom. The zero-order chi connectivity index (χ0) is 15.2. The van der Waals surface area contributed by atoms with Crippen LogP contribution in [0.2, 0.25) is 0 Å². The lowest BCUT2D eigenvalue weighted by molar-refractivity contribution is -0.384. The summed E-state index contributed by atoms with van der Waals surface area (Å²) in [5.41, 5.74) is 1.90. The van der Waals surface area contributed by atoms with Crippen LogP contribution in [0.15, 0.2) is 42.5 Å². The molecule has 21 heavy (non-hydrogen) atoms. The van der Waals surface area contributed by atoms with E-state index in [9.17, 15) is 10.1 Å². The smallest absolute Gasteiger partial charge is 0.269 e. The number of hydrogen-bond acceptors (Lipinski definition) is 4. The van der Waals surface area contributed by atoms with Gasteiger partial charge in [0.2, 0.25) is 0 Å². The third-order valence-corrected chi connectivity index (χ3v) is 3.56. The number of ether oxygens (including phenoxy) is 2. The first-order valence-corrected chi connectivity index (χ1v) is 7.36. The van der Waals surface area contributed by atoms with Crippen molar-refractivity contribution in [3.63, 3.8) is 0 Å². The average molecular weight is 352 g/mol. The molecule has 2 aromatic carbocycles. The molecule has 0 bridgehead atoms. The maximum absolute atomic E-state index is 10.6.